The first-order valence-corrected chi connectivity index (χ1v) is 37.8. The van der Waals surface area contributed by atoms with Crippen molar-refractivity contribution in [3.05, 3.63) is 0 Å². The van der Waals surface area contributed by atoms with Gasteiger partial charge in [0, 0.05) is 30.5 Å². The molecule has 0 amide bonds. The second-order valence-electron chi connectivity index (χ2n) is 38.0. The topological polar surface area (TPSA) is 191 Å². The van der Waals surface area contributed by atoms with E-state index in [1.54, 1.807) is 13.8 Å². The molecule has 16 aliphatic rings. The van der Waals surface area contributed by atoms with Gasteiger partial charge in [-0.3, -0.25) is 9.80 Å². The predicted molar refractivity (Wildman–Crippen MR) is 348 cm³/mol. The van der Waals surface area contributed by atoms with Crippen LogP contribution in [0.25, 0.3) is 0 Å². The van der Waals surface area contributed by atoms with E-state index in [2.05, 4.69) is 79.0 Å². The zero-order valence-corrected chi connectivity index (χ0v) is 59.6. The molecule has 0 aromatic heterocycles. The summed E-state index contributed by atoms with van der Waals surface area (Å²) < 4.78 is 56.9. The molecule has 16 rings (SSSR count). The number of hydrogen-bond donors (Lipinski definition) is 5. The highest BCUT2D eigenvalue weighted by atomic mass is 16.7. The van der Waals surface area contributed by atoms with Gasteiger partial charge in [0.25, 0.3) is 0 Å². The molecular formula is C76H126N2O14. The van der Waals surface area contributed by atoms with Crippen LogP contribution in [0.1, 0.15) is 207 Å². The van der Waals surface area contributed by atoms with Crippen LogP contribution >= 0.6 is 0 Å². The fourth-order valence-corrected chi connectivity index (χ4v) is 28.2. The SMILES string of the molecule is CCO[C@@H]([C@H]1C[C@@H](C)[C@H]2[C@H](O1)[C@H](O)[C@@]1(C)[C@@H]3CC[C@H]4C(C)(C)[C@@H](O[C@H]5CN(C6COC6)CCO5)CC[C@@]45C[C@@]35CC[C@]21C)C(C)(C)O.C[C@@H]1C[C@H]([C@H](O)C(C)(C)O)O[C@H]2[C@H]1[C@@]1(C)CC[C@@]34C[C@@]35CC[C@H](O[C@H]3CN(C6COC6)CCO3)C(C)(C)[C@@H]5CC[C@H]4[C@]1(C)[C@H]2O. The first kappa shape index (κ1) is 67.2. The first-order chi connectivity index (χ1) is 43.2. The third-order valence-corrected chi connectivity index (χ3v) is 33.0. The van der Waals surface area contributed by atoms with E-state index in [4.69, 9.17) is 42.6 Å². The van der Waals surface area contributed by atoms with Crippen LogP contribution in [0.2, 0.25) is 0 Å². The summed E-state index contributed by atoms with van der Waals surface area (Å²) in [5.41, 5.74) is -1.23. The zero-order valence-electron chi connectivity index (χ0n) is 59.6. The van der Waals surface area contributed by atoms with E-state index < -0.39 is 41.7 Å². The molecule has 6 heterocycles. The van der Waals surface area contributed by atoms with Crippen LogP contribution in [0.15, 0.2) is 0 Å². The molecular weight excluding hydrogens is 1160 g/mol. The van der Waals surface area contributed by atoms with Gasteiger partial charge < -0.3 is 68.2 Å². The summed E-state index contributed by atoms with van der Waals surface area (Å²) in [5.74, 6) is 3.51. The van der Waals surface area contributed by atoms with E-state index in [-0.39, 0.29) is 81.5 Å². The fourth-order valence-electron chi connectivity index (χ4n) is 28.2. The lowest BCUT2D eigenvalue weighted by molar-refractivity contribution is -0.256. The molecule has 524 valence electrons. The van der Waals surface area contributed by atoms with Gasteiger partial charge >= 0.3 is 0 Å². The summed E-state index contributed by atoms with van der Waals surface area (Å²) in [6, 6.07) is 1.04. The number of fused-ring (bicyclic) bond motifs is 8. The van der Waals surface area contributed by atoms with Crippen molar-refractivity contribution in [1.29, 1.82) is 0 Å². The summed E-state index contributed by atoms with van der Waals surface area (Å²) in [7, 11) is 0. The average molecular weight is 1290 g/mol. The van der Waals surface area contributed by atoms with Gasteiger partial charge in [-0.2, -0.15) is 0 Å². The van der Waals surface area contributed by atoms with Gasteiger partial charge in [0.2, 0.25) is 0 Å². The molecule has 5 N–H and O–H groups in total. The van der Waals surface area contributed by atoms with Gasteiger partial charge in [-0.15, -0.1) is 0 Å². The number of aliphatic hydroxyl groups excluding tert-OH is 3. The Hall–Kier alpha value is -0.640. The van der Waals surface area contributed by atoms with Gasteiger partial charge in [0.05, 0.1) is 125 Å². The molecule has 0 bridgehead atoms. The van der Waals surface area contributed by atoms with Gasteiger partial charge in [0.15, 0.2) is 12.6 Å². The van der Waals surface area contributed by atoms with Crippen LogP contribution in [0.3, 0.4) is 0 Å². The molecule has 6 saturated heterocycles. The summed E-state index contributed by atoms with van der Waals surface area (Å²) in [6.07, 6.45) is 14.9. The predicted octanol–water partition coefficient (Wildman–Crippen LogP) is 9.79. The number of rotatable bonds is 12. The number of nitrogens with zero attached hydrogens (tertiary/aromatic N) is 2. The molecule has 10 saturated carbocycles. The van der Waals surface area contributed by atoms with E-state index in [9.17, 15) is 25.5 Å². The summed E-state index contributed by atoms with van der Waals surface area (Å²) in [6.45, 7) is 42.4. The van der Waals surface area contributed by atoms with E-state index >= 15 is 0 Å². The third-order valence-electron chi connectivity index (χ3n) is 33.0. The van der Waals surface area contributed by atoms with E-state index in [1.807, 2.05) is 20.8 Å². The van der Waals surface area contributed by atoms with Crippen molar-refractivity contribution in [1.82, 2.24) is 9.80 Å². The highest BCUT2D eigenvalue weighted by molar-refractivity contribution is 5.35. The second-order valence-corrected chi connectivity index (χ2v) is 38.0. The highest BCUT2D eigenvalue weighted by Crippen LogP contribution is 2.91. The van der Waals surface area contributed by atoms with E-state index in [0.29, 0.717) is 81.8 Å². The minimum Gasteiger partial charge on any atom is -0.390 e. The third kappa shape index (κ3) is 9.27. The minimum absolute atomic E-state index is 0.0147. The maximum absolute atomic E-state index is 12.6. The quantitative estimate of drug-likeness (QED) is 0.124. The van der Waals surface area contributed by atoms with E-state index in [0.717, 1.165) is 104 Å². The van der Waals surface area contributed by atoms with Crippen molar-refractivity contribution in [3.8, 4) is 0 Å². The highest BCUT2D eigenvalue weighted by Gasteiger charge is 2.87. The Morgan fingerprint density at radius 1 is 0.533 bits per heavy atom. The number of morpholine rings is 2. The Morgan fingerprint density at radius 2 is 0.935 bits per heavy atom. The Bertz CT molecular complexity index is 2730. The van der Waals surface area contributed by atoms with Crippen LogP contribution in [-0.4, -0.2) is 205 Å². The molecule has 28 atom stereocenters. The van der Waals surface area contributed by atoms with E-state index in [1.165, 1.54) is 64.2 Å². The van der Waals surface area contributed by atoms with Crippen molar-refractivity contribution in [2.45, 2.75) is 303 Å². The monoisotopic (exact) mass is 1290 g/mol. The molecule has 6 aliphatic heterocycles. The lowest BCUT2D eigenvalue weighted by Crippen LogP contribution is -2.60. The second kappa shape index (κ2) is 22.4. The Kier molecular flexibility index (Phi) is 16.4. The van der Waals surface area contributed by atoms with Crippen molar-refractivity contribution in [2.24, 2.45) is 101 Å². The van der Waals surface area contributed by atoms with Crippen LogP contribution in [0.4, 0.5) is 0 Å². The van der Waals surface area contributed by atoms with Crippen molar-refractivity contribution >= 4 is 0 Å². The Balaban J connectivity index is 0.000000153. The summed E-state index contributed by atoms with van der Waals surface area (Å²) in [4.78, 5) is 5.01. The first-order valence-electron chi connectivity index (χ1n) is 37.8. The van der Waals surface area contributed by atoms with Crippen LogP contribution in [-0.2, 0) is 42.6 Å². The molecule has 0 unspecified atom stereocenters. The maximum atomic E-state index is 12.6. The molecule has 10 aliphatic carbocycles. The van der Waals surface area contributed by atoms with Crippen LogP contribution in [0.5, 0.6) is 0 Å². The van der Waals surface area contributed by atoms with Crippen LogP contribution in [0, 0.1) is 101 Å². The summed E-state index contributed by atoms with van der Waals surface area (Å²) in [5, 5.41) is 57.7. The zero-order chi connectivity index (χ0) is 65.3. The van der Waals surface area contributed by atoms with Gasteiger partial charge in [-0.05, 0) is 228 Å². The standard InChI is InChI=1S/C39H65NO7.C37H61NO7/c1-9-44-33(35(5,6)42)25-18-23(2)30-31(46-25)32(41)37(8)27-11-10-26-34(3,4)28(47-29-19-40(16-17-45-29)24-20-43-21-24)12-13-38(26)22-39(27,38)15-14-36(30,37)7;1-21-16-23(30(39)33(4,5)41)44-29-28(21)34(6)12-13-37-20-36(37)11-10-26(45-27-17-38(14-15-43-27)22-18-42-19-22)32(2,3)24(36)8-9-25(37)35(34,7)31(29)40/h23-33,41-42H,9-22H2,1-8H3;21-31,39-41H,8-20H2,1-7H3/t23-,25-,26+,27+,28+,29+,30+,31+,32+,33+,36-,37-,38-,39+;21-,23-,24+,25+,26+,27+,28+,29+,30+,31+,34-,35-,36-,37+/m11/s1. The summed E-state index contributed by atoms with van der Waals surface area (Å²) >= 11 is 0. The molecule has 0 aromatic carbocycles. The van der Waals surface area contributed by atoms with Gasteiger partial charge in [0.1, 0.15) is 12.2 Å². The van der Waals surface area contributed by atoms with Crippen molar-refractivity contribution in [3.63, 3.8) is 0 Å². The van der Waals surface area contributed by atoms with Crippen molar-refractivity contribution in [2.75, 3.05) is 72.4 Å². The smallest absolute Gasteiger partial charge is 0.170 e. The average Bonchev–Trinajstić information content (AvgIpc) is 1.46. The number of hydrogen-bond acceptors (Lipinski definition) is 16. The number of ether oxygens (including phenoxy) is 9. The maximum Gasteiger partial charge on any atom is 0.170 e. The van der Waals surface area contributed by atoms with Gasteiger partial charge in [-0.1, -0.05) is 69.2 Å². The molecule has 16 fully saturated rings. The lowest BCUT2D eigenvalue weighted by Gasteiger charge is -2.64. The lowest BCUT2D eigenvalue weighted by atomic mass is 9.41. The number of aliphatic hydroxyl groups is 5. The molecule has 0 radical (unpaired) electrons. The molecule has 16 nitrogen and oxygen atoms in total. The Labute approximate surface area is 553 Å². The molecule has 92 heavy (non-hydrogen) atoms. The molecule has 4 spiro atoms. The largest absolute Gasteiger partial charge is 0.390 e. The molecule has 16 heteroatoms. The Morgan fingerprint density at radius 3 is 1.33 bits per heavy atom. The minimum atomic E-state index is -1.24. The van der Waals surface area contributed by atoms with Crippen LogP contribution < -0.4 is 0 Å². The molecule has 0 aromatic rings. The fraction of sp³-hybridized carbons (Fsp3) is 1.00. The normalized spacial score (nSPS) is 54.0. The van der Waals surface area contributed by atoms with Gasteiger partial charge in [-0.25, -0.2) is 0 Å². The van der Waals surface area contributed by atoms with Crippen molar-refractivity contribution < 1.29 is 68.2 Å².